The number of aryl methyl sites for hydroxylation is 1. The summed E-state index contributed by atoms with van der Waals surface area (Å²) >= 11 is 6.09. The Labute approximate surface area is 170 Å². The van der Waals surface area contributed by atoms with Crippen LogP contribution < -0.4 is 10.4 Å². The molecule has 1 fully saturated rings. The highest BCUT2D eigenvalue weighted by molar-refractivity contribution is 6.31. The van der Waals surface area contributed by atoms with E-state index in [1.165, 1.54) is 22.6 Å². The molecule has 2 aromatic heterocycles. The number of alkyl halides is 2. The number of pyridine rings is 1. The molecule has 0 radical (unpaired) electrons. The highest BCUT2D eigenvalue weighted by atomic mass is 35.5. The fourth-order valence-corrected chi connectivity index (χ4v) is 4.12. The number of rotatable bonds is 4. The quantitative estimate of drug-likeness (QED) is 0.739. The molecule has 1 saturated heterocycles. The molecular formula is C18H20ClF2N5O3. The molecule has 3 atom stereocenters. The van der Waals surface area contributed by atoms with Gasteiger partial charge in [0.1, 0.15) is 16.9 Å². The topological polar surface area (TPSA) is 82.2 Å². The van der Waals surface area contributed by atoms with Crippen LogP contribution in [0.5, 0.6) is 5.88 Å². The second-order valence-corrected chi connectivity index (χ2v) is 7.65. The summed E-state index contributed by atoms with van der Waals surface area (Å²) in [5.74, 6) is 0.324. The van der Waals surface area contributed by atoms with Crippen molar-refractivity contribution in [3.63, 3.8) is 0 Å². The second kappa shape index (κ2) is 7.74. The Kier molecular flexibility index (Phi) is 5.28. The van der Waals surface area contributed by atoms with Crippen molar-refractivity contribution in [2.75, 3.05) is 20.2 Å². The van der Waals surface area contributed by atoms with E-state index in [-0.39, 0.29) is 25.5 Å². The van der Waals surface area contributed by atoms with E-state index in [4.69, 9.17) is 16.3 Å². The lowest BCUT2D eigenvalue weighted by atomic mass is 10.0. The standard InChI is InChI=1S/C18H20ClF2N5O3/c1-29-16-11(19)5-10(6-22-16)7-25-18(28)26-14(3-2-4-15(26)23-25)17(27)24-8-12(20)13(21)9-24/h5-6,12-14H,2-4,7-9H2,1H3. The van der Waals surface area contributed by atoms with E-state index in [9.17, 15) is 18.4 Å². The molecule has 11 heteroatoms. The van der Waals surface area contributed by atoms with Crippen molar-refractivity contribution in [2.24, 2.45) is 0 Å². The van der Waals surface area contributed by atoms with Crippen LogP contribution in [0.1, 0.15) is 30.3 Å². The van der Waals surface area contributed by atoms with Crippen LogP contribution in [0.2, 0.25) is 5.02 Å². The summed E-state index contributed by atoms with van der Waals surface area (Å²) in [7, 11) is 1.45. The summed E-state index contributed by atoms with van der Waals surface area (Å²) in [6.07, 6.45) is -0.203. The van der Waals surface area contributed by atoms with E-state index >= 15 is 0 Å². The van der Waals surface area contributed by atoms with Crippen molar-refractivity contribution < 1.29 is 18.3 Å². The molecule has 4 heterocycles. The van der Waals surface area contributed by atoms with E-state index in [0.29, 0.717) is 35.7 Å². The Morgan fingerprint density at radius 2 is 2.07 bits per heavy atom. The van der Waals surface area contributed by atoms with Gasteiger partial charge in [0.25, 0.3) is 0 Å². The molecule has 8 nitrogen and oxygen atoms in total. The summed E-state index contributed by atoms with van der Waals surface area (Å²) in [5, 5.41) is 4.66. The highest BCUT2D eigenvalue weighted by Gasteiger charge is 2.40. The molecule has 0 saturated carbocycles. The predicted octanol–water partition coefficient (Wildman–Crippen LogP) is 1.55. The lowest BCUT2D eigenvalue weighted by Crippen LogP contribution is -2.42. The van der Waals surface area contributed by atoms with Crippen molar-refractivity contribution in [3.05, 3.63) is 39.2 Å². The van der Waals surface area contributed by atoms with E-state index in [1.807, 2.05) is 0 Å². The molecular weight excluding hydrogens is 408 g/mol. The van der Waals surface area contributed by atoms with Gasteiger partial charge in [-0.25, -0.2) is 23.2 Å². The average Bonchev–Trinajstić information content (AvgIpc) is 3.20. The number of ether oxygens (including phenoxy) is 1. The van der Waals surface area contributed by atoms with Crippen LogP contribution in [-0.4, -0.2) is 62.7 Å². The summed E-state index contributed by atoms with van der Waals surface area (Å²) in [4.78, 5) is 31.0. The third-order valence-electron chi connectivity index (χ3n) is 5.30. The maximum Gasteiger partial charge on any atom is 0.346 e. The number of carbonyl (C=O) groups excluding carboxylic acids is 1. The predicted molar refractivity (Wildman–Crippen MR) is 99.7 cm³/mol. The molecule has 4 rings (SSSR count). The van der Waals surface area contributed by atoms with Gasteiger partial charge in [-0.05, 0) is 24.5 Å². The zero-order chi connectivity index (χ0) is 20.7. The van der Waals surface area contributed by atoms with Gasteiger partial charge >= 0.3 is 5.69 Å². The molecule has 2 aliphatic heterocycles. The molecule has 0 N–H and O–H groups in total. The van der Waals surface area contributed by atoms with E-state index in [0.717, 1.165) is 4.90 Å². The Morgan fingerprint density at radius 3 is 2.72 bits per heavy atom. The van der Waals surface area contributed by atoms with Gasteiger partial charge in [-0.2, -0.15) is 5.10 Å². The molecule has 0 aromatic carbocycles. The number of aromatic nitrogens is 4. The first-order chi connectivity index (χ1) is 13.9. The molecule has 0 aliphatic carbocycles. The van der Waals surface area contributed by atoms with E-state index in [2.05, 4.69) is 10.1 Å². The van der Waals surface area contributed by atoms with Crippen molar-refractivity contribution in [1.29, 1.82) is 0 Å². The number of hydrogen-bond acceptors (Lipinski definition) is 5. The number of hydrogen-bond donors (Lipinski definition) is 0. The van der Waals surface area contributed by atoms with Gasteiger partial charge in [-0.1, -0.05) is 11.6 Å². The largest absolute Gasteiger partial charge is 0.480 e. The third kappa shape index (κ3) is 3.61. The Bertz CT molecular complexity index is 984. The first kappa shape index (κ1) is 19.8. The van der Waals surface area contributed by atoms with Crippen LogP contribution in [0.15, 0.2) is 17.1 Å². The summed E-state index contributed by atoms with van der Waals surface area (Å²) < 4.78 is 34.7. The maximum atomic E-state index is 13.5. The second-order valence-electron chi connectivity index (χ2n) is 7.24. The van der Waals surface area contributed by atoms with Crippen LogP contribution >= 0.6 is 11.6 Å². The van der Waals surface area contributed by atoms with E-state index in [1.54, 1.807) is 6.07 Å². The fraction of sp³-hybridized carbons (Fsp3) is 0.556. The maximum absolute atomic E-state index is 13.5. The van der Waals surface area contributed by atoms with Crippen LogP contribution in [-0.2, 0) is 17.8 Å². The summed E-state index contributed by atoms with van der Waals surface area (Å²) in [6, 6.07) is 0.837. The number of fused-ring (bicyclic) bond motifs is 1. The van der Waals surface area contributed by atoms with Crippen molar-refractivity contribution >= 4 is 17.5 Å². The van der Waals surface area contributed by atoms with Gasteiger partial charge in [0, 0.05) is 12.6 Å². The molecule has 0 bridgehead atoms. The van der Waals surface area contributed by atoms with Gasteiger partial charge in [0.15, 0.2) is 12.3 Å². The van der Waals surface area contributed by atoms with Gasteiger partial charge < -0.3 is 9.64 Å². The van der Waals surface area contributed by atoms with Crippen LogP contribution in [0.25, 0.3) is 0 Å². The number of nitrogens with zero attached hydrogens (tertiary/aromatic N) is 5. The molecule has 29 heavy (non-hydrogen) atoms. The van der Waals surface area contributed by atoms with Crippen LogP contribution in [0.4, 0.5) is 8.78 Å². The number of methoxy groups -OCH3 is 1. The Balaban J connectivity index is 1.60. The monoisotopic (exact) mass is 427 g/mol. The number of likely N-dealkylation sites (tertiary alicyclic amines) is 1. The van der Waals surface area contributed by atoms with Crippen LogP contribution in [0.3, 0.4) is 0 Å². The normalized spacial score (nSPS) is 23.9. The average molecular weight is 428 g/mol. The van der Waals surface area contributed by atoms with Gasteiger partial charge in [-0.3, -0.25) is 9.36 Å². The van der Waals surface area contributed by atoms with Gasteiger partial charge in [0.05, 0.1) is 26.7 Å². The molecule has 2 aliphatic rings. The summed E-state index contributed by atoms with van der Waals surface area (Å²) in [5.41, 5.74) is 0.203. The molecule has 2 aromatic rings. The third-order valence-corrected chi connectivity index (χ3v) is 5.57. The molecule has 3 unspecified atom stereocenters. The number of carbonyl (C=O) groups is 1. The zero-order valence-electron chi connectivity index (χ0n) is 15.7. The van der Waals surface area contributed by atoms with Crippen molar-refractivity contribution in [2.45, 2.75) is 44.2 Å². The van der Waals surface area contributed by atoms with Crippen molar-refractivity contribution in [1.82, 2.24) is 24.2 Å². The lowest BCUT2D eigenvalue weighted by molar-refractivity contribution is -0.134. The van der Waals surface area contributed by atoms with Gasteiger partial charge in [0.2, 0.25) is 11.8 Å². The number of amides is 1. The molecule has 156 valence electrons. The minimum Gasteiger partial charge on any atom is -0.480 e. The minimum absolute atomic E-state index is 0.124. The summed E-state index contributed by atoms with van der Waals surface area (Å²) in [6.45, 7) is -0.450. The number of halogens is 3. The first-order valence-corrected chi connectivity index (χ1v) is 9.70. The minimum atomic E-state index is -1.69. The Hall–Kier alpha value is -2.49. The van der Waals surface area contributed by atoms with E-state index < -0.39 is 30.0 Å². The van der Waals surface area contributed by atoms with Gasteiger partial charge in [-0.15, -0.1) is 0 Å². The van der Waals surface area contributed by atoms with Crippen molar-refractivity contribution in [3.8, 4) is 5.88 Å². The fourth-order valence-electron chi connectivity index (χ4n) is 3.86. The lowest BCUT2D eigenvalue weighted by Gasteiger charge is -2.26. The smallest absolute Gasteiger partial charge is 0.346 e. The van der Waals surface area contributed by atoms with Crippen LogP contribution in [0, 0.1) is 0 Å². The Morgan fingerprint density at radius 1 is 1.34 bits per heavy atom. The zero-order valence-corrected chi connectivity index (χ0v) is 16.5. The highest BCUT2D eigenvalue weighted by Crippen LogP contribution is 2.27. The molecule has 0 spiro atoms. The SMILES string of the molecule is COc1ncc(Cn2nc3n(c2=O)C(C(=O)N2CC(F)C(F)C2)CCC3)cc1Cl. The first-order valence-electron chi connectivity index (χ1n) is 9.32. The molecule has 1 amide bonds.